The number of aryl methyl sites for hydroxylation is 1. The molecule has 0 spiro atoms. The third kappa shape index (κ3) is 9.14. The van der Waals surface area contributed by atoms with Gasteiger partial charge in [-0.1, -0.05) is 79.6 Å². The molecule has 0 aromatic heterocycles. The quantitative estimate of drug-likeness (QED) is 0.173. The van der Waals surface area contributed by atoms with E-state index in [-0.39, 0.29) is 30.2 Å². The Kier molecular flexibility index (Phi) is 11.0. The van der Waals surface area contributed by atoms with E-state index >= 15 is 0 Å². The van der Waals surface area contributed by atoms with Gasteiger partial charge in [0.15, 0.2) is 0 Å². The van der Waals surface area contributed by atoms with E-state index in [1.165, 1.54) is 23.1 Å². The highest BCUT2D eigenvalue weighted by Crippen LogP contribution is 2.24. The van der Waals surface area contributed by atoms with Crippen LogP contribution in [0.3, 0.4) is 0 Å². The fourth-order valence-corrected chi connectivity index (χ4v) is 5.17. The fourth-order valence-electron chi connectivity index (χ4n) is 4.33. The van der Waals surface area contributed by atoms with Gasteiger partial charge in [0.05, 0.1) is 16.9 Å². The van der Waals surface area contributed by atoms with Gasteiger partial charge >= 0.3 is 0 Å². The van der Waals surface area contributed by atoms with Crippen molar-refractivity contribution in [2.24, 2.45) is 0 Å². The van der Waals surface area contributed by atoms with Gasteiger partial charge in [-0.2, -0.15) is 0 Å². The van der Waals surface area contributed by atoms with Crippen LogP contribution in [-0.4, -0.2) is 55.4 Å². The van der Waals surface area contributed by atoms with Gasteiger partial charge in [0, 0.05) is 31.6 Å². The van der Waals surface area contributed by atoms with Crippen LogP contribution in [-0.2, 0) is 32.6 Å². The molecule has 2 amide bonds. The molecule has 0 heterocycles. The number of hydrogen-bond donors (Lipinski definition) is 1. The second kappa shape index (κ2) is 14.4. The highest BCUT2D eigenvalue weighted by Gasteiger charge is 2.33. The number of unbranched alkanes of at least 4 members (excludes halogenated alkanes) is 1. The maximum atomic E-state index is 14.0. The largest absolute Gasteiger partial charge is 0.354 e. The molecule has 218 valence electrons. The summed E-state index contributed by atoms with van der Waals surface area (Å²) in [4.78, 5) is 39.7. The molecule has 1 N–H and O–H groups in total. The summed E-state index contributed by atoms with van der Waals surface area (Å²) in [6.45, 7) is 3.81. The van der Waals surface area contributed by atoms with Crippen LogP contribution in [0.5, 0.6) is 0 Å². The molecule has 0 aliphatic rings. The third-order valence-electron chi connectivity index (χ3n) is 6.58. The first-order valence-electron chi connectivity index (χ1n) is 13.4. The van der Waals surface area contributed by atoms with Gasteiger partial charge in [0.1, 0.15) is 12.6 Å². The van der Waals surface area contributed by atoms with Crippen molar-refractivity contribution in [1.82, 2.24) is 10.2 Å². The lowest BCUT2D eigenvalue weighted by Crippen LogP contribution is -2.53. The van der Waals surface area contributed by atoms with Crippen molar-refractivity contribution in [3.63, 3.8) is 0 Å². The van der Waals surface area contributed by atoms with Crippen LogP contribution in [0.2, 0.25) is 0 Å². The van der Waals surface area contributed by atoms with Crippen LogP contribution in [0.4, 0.5) is 11.4 Å². The summed E-state index contributed by atoms with van der Waals surface area (Å²) in [6.07, 6.45) is 2.79. The number of nitro groups is 1. The number of carbonyl (C=O) groups is 2. The predicted octanol–water partition coefficient (Wildman–Crippen LogP) is 4.23. The molecule has 3 rings (SSSR count). The van der Waals surface area contributed by atoms with Gasteiger partial charge in [0.2, 0.25) is 21.8 Å². The van der Waals surface area contributed by atoms with Crippen molar-refractivity contribution in [2.75, 3.05) is 23.7 Å². The Morgan fingerprint density at radius 1 is 0.976 bits per heavy atom. The van der Waals surface area contributed by atoms with Crippen molar-refractivity contribution in [3.05, 3.63) is 106 Å². The molecular weight excluding hydrogens is 544 g/mol. The van der Waals surface area contributed by atoms with E-state index in [4.69, 9.17) is 0 Å². The zero-order chi connectivity index (χ0) is 30.0. The van der Waals surface area contributed by atoms with Crippen molar-refractivity contribution in [2.45, 2.75) is 45.7 Å². The Balaban J connectivity index is 2.04. The number of anilines is 1. The molecule has 0 aliphatic carbocycles. The summed E-state index contributed by atoms with van der Waals surface area (Å²) in [5.41, 5.74) is 2.31. The van der Waals surface area contributed by atoms with E-state index in [0.29, 0.717) is 6.54 Å². The zero-order valence-electron chi connectivity index (χ0n) is 23.5. The van der Waals surface area contributed by atoms with Gasteiger partial charge in [0.25, 0.3) is 5.69 Å². The van der Waals surface area contributed by atoms with Crippen LogP contribution in [0.25, 0.3) is 0 Å². The van der Waals surface area contributed by atoms with E-state index in [1.54, 1.807) is 0 Å². The molecule has 0 radical (unpaired) electrons. The van der Waals surface area contributed by atoms with Crippen molar-refractivity contribution >= 4 is 33.2 Å². The number of nitrogens with zero attached hydrogens (tertiary/aromatic N) is 3. The summed E-state index contributed by atoms with van der Waals surface area (Å²) in [5, 5.41) is 14.3. The standard InChI is InChI=1S/C30H36N4O6S/c1-4-5-18-31-30(36)28(19-24-10-7-6-8-11-24)32(21-25-16-14-23(2)15-17-25)29(35)22-33(41(3,39)40)26-12-9-13-27(20-26)34(37)38/h6-17,20,28H,4-5,18-19,21-22H2,1-3H3,(H,31,36)/t28-/m0/s1. The number of amides is 2. The molecule has 0 unspecified atom stereocenters. The number of carbonyl (C=O) groups excluding carboxylic acids is 2. The molecule has 0 bridgehead atoms. The van der Waals surface area contributed by atoms with Gasteiger partial charge in [-0.05, 0) is 30.5 Å². The molecular formula is C30H36N4O6S. The molecule has 0 fully saturated rings. The molecule has 10 nitrogen and oxygen atoms in total. The smallest absolute Gasteiger partial charge is 0.271 e. The maximum Gasteiger partial charge on any atom is 0.271 e. The normalized spacial score (nSPS) is 11.9. The highest BCUT2D eigenvalue weighted by molar-refractivity contribution is 7.92. The first-order valence-corrected chi connectivity index (χ1v) is 15.2. The van der Waals surface area contributed by atoms with Crippen LogP contribution in [0, 0.1) is 17.0 Å². The van der Waals surface area contributed by atoms with Crippen molar-refractivity contribution in [3.8, 4) is 0 Å². The maximum absolute atomic E-state index is 14.0. The topological polar surface area (TPSA) is 130 Å². The number of non-ortho nitro benzene ring substituents is 1. The minimum Gasteiger partial charge on any atom is -0.354 e. The number of sulfonamides is 1. The molecule has 3 aromatic rings. The van der Waals surface area contributed by atoms with E-state index in [9.17, 15) is 28.1 Å². The third-order valence-corrected chi connectivity index (χ3v) is 7.72. The highest BCUT2D eigenvalue weighted by atomic mass is 32.2. The number of rotatable bonds is 14. The SMILES string of the molecule is CCCCNC(=O)[C@H](Cc1ccccc1)N(Cc1ccc(C)cc1)C(=O)CN(c1cccc([N+](=O)[O-])c1)S(C)(=O)=O. The van der Waals surface area contributed by atoms with Crippen LogP contribution >= 0.6 is 0 Å². The molecule has 0 saturated carbocycles. The number of hydrogen-bond acceptors (Lipinski definition) is 6. The van der Waals surface area contributed by atoms with Gasteiger partial charge < -0.3 is 10.2 Å². The lowest BCUT2D eigenvalue weighted by Gasteiger charge is -2.33. The number of nitrogens with one attached hydrogen (secondary N) is 1. The van der Waals surface area contributed by atoms with E-state index < -0.39 is 33.4 Å². The minimum absolute atomic E-state index is 0.0163. The summed E-state index contributed by atoms with van der Waals surface area (Å²) < 4.78 is 26.5. The molecule has 0 saturated heterocycles. The first kappa shape index (κ1) is 31.3. The second-order valence-corrected chi connectivity index (χ2v) is 11.8. The lowest BCUT2D eigenvalue weighted by atomic mass is 10.0. The lowest BCUT2D eigenvalue weighted by molar-refractivity contribution is -0.384. The zero-order valence-corrected chi connectivity index (χ0v) is 24.3. The molecule has 41 heavy (non-hydrogen) atoms. The van der Waals surface area contributed by atoms with E-state index in [0.717, 1.165) is 46.2 Å². The van der Waals surface area contributed by atoms with Crippen LogP contribution in [0.15, 0.2) is 78.9 Å². The summed E-state index contributed by atoms with van der Waals surface area (Å²) in [5.74, 6) is -0.960. The Labute approximate surface area is 241 Å². The molecule has 0 aliphatic heterocycles. The van der Waals surface area contributed by atoms with E-state index in [1.807, 2.05) is 68.4 Å². The Hall–Kier alpha value is -4.25. The minimum atomic E-state index is -4.03. The number of benzene rings is 3. The van der Waals surface area contributed by atoms with Gasteiger partial charge in [-0.15, -0.1) is 0 Å². The summed E-state index contributed by atoms with van der Waals surface area (Å²) >= 11 is 0. The predicted molar refractivity (Wildman–Crippen MR) is 159 cm³/mol. The number of nitro benzene ring substituents is 1. The molecule has 11 heteroatoms. The van der Waals surface area contributed by atoms with Crippen LogP contribution < -0.4 is 9.62 Å². The Morgan fingerprint density at radius 3 is 2.27 bits per heavy atom. The Bertz CT molecular complexity index is 1450. The van der Waals surface area contributed by atoms with Gasteiger partial charge in [-0.25, -0.2) is 8.42 Å². The molecule has 1 atom stereocenters. The van der Waals surface area contributed by atoms with Crippen molar-refractivity contribution in [1.29, 1.82) is 0 Å². The van der Waals surface area contributed by atoms with E-state index in [2.05, 4.69) is 5.32 Å². The monoisotopic (exact) mass is 580 g/mol. The molecule has 3 aromatic carbocycles. The summed E-state index contributed by atoms with van der Waals surface area (Å²) in [7, 11) is -4.03. The average molecular weight is 581 g/mol. The average Bonchev–Trinajstić information content (AvgIpc) is 2.94. The van der Waals surface area contributed by atoms with Crippen molar-refractivity contribution < 1.29 is 22.9 Å². The Morgan fingerprint density at radius 2 is 1.66 bits per heavy atom. The first-order chi connectivity index (χ1) is 19.5. The second-order valence-electron chi connectivity index (χ2n) is 9.90. The van der Waals surface area contributed by atoms with Gasteiger partial charge in [-0.3, -0.25) is 24.0 Å². The fraction of sp³-hybridized carbons (Fsp3) is 0.333. The van der Waals surface area contributed by atoms with Crippen LogP contribution in [0.1, 0.15) is 36.5 Å². The summed E-state index contributed by atoms with van der Waals surface area (Å²) in [6, 6.07) is 21.0.